The number of furan rings is 2. The van der Waals surface area contributed by atoms with Crippen LogP contribution in [0.15, 0.2) is 39.6 Å². The SMILES string of the molecule is CSCc1ccc(C(=O)N[C@H]2C[C@H]3CN(C(=O)c4ccoc4)C[C@H]3C[C@@H]2O)o1. The van der Waals surface area contributed by atoms with E-state index in [1.165, 1.54) is 12.5 Å². The van der Waals surface area contributed by atoms with Gasteiger partial charge in [0, 0.05) is 13.1 Å². The fourth-order valence-electron chi connectivity index (χ4n) is 4.28. The number of nitrogens with zero attached hydrogens (tertiary/aromatic N) is 1. The summed E-state index contributed by atoms with van der Waals surface area (Å²) in [5, 5.41) is 13.5. The van der Waals surface area contributed by atoms with Crippen LogP contribution < -0.4 is 5.32 Å². The molecule has 2 aromatic rings. The molecule has 4 atom stereocenters. The van der Waals surface area contributed by atoms with Gasteiger partial charge in [-0.15, -0.1) is 0 Å². The maximum Gasteiger partial charge on any atom is 0.287 e. The van der Waals surface area contributed by atoms with Crippen molar-refractivity contribution >= 4 is 23.6 Å². The molecule has 1 saturated carbocycles. The van der Waals surface area contributed by atoms with E-state index in [1.54, 1.807) is 30.0 Å². The molecule has 28 heavy (non-hydrogen) atoms. The lowest BCUT2D eigenvalue weighted by molar-refractivity contribution is 0.0452. The molecule has 150 valence electrons. The number of aliphatic hydroxyl groups excluding tert-OH is 1. The molecule has 1 aliphatic heterocycles. The van der Waals surface area contributed by atoms with E-state index in [2.05, 4.69) is 5.32 Å². The number of rotatable bonds is 5. The van der Waals surface area contributed by atoms with Crippen LogP contribution in [-0.2, 0) is 5.75 Å². The highest BCUT2D eigenvalue weighted by molar-refractivity contribution is 7.97. The number of carbonyl (C=O) groups is 2. The first-order valence-electron chi connectivity index (χ1n) is 9.43. The van der Waals surface area contributed by atoms with Gasteiger partial charge in [-0.2, -0.15) is 11.8 Å². The van der Waals surface area contributed by atoms with Gasteiger partial charge in [0.2, 0.25) is 0 Å². The van der Waals surface area contributed by atoms with Gasteiger partial charge < -0.3 is 24.2 Å². The second kappa shape index (κ2) is 8.05. The lowest BCUT2D eigenvalue weighted by Gasteiger charge is -2.35. The second-order valence-corrected chi connectivity index (χ2v) is 8.43. The highest BCUT2D eigenvalue weighted by atomic mass is 32.2. The first-order chi connectivity index (χ1) is 13.5. The van der Waals surface area contributed by atoms with Crippen LogP contribution in [-0.4, -0.2) is 53.3 Å². The van der Waals surface area contributed by atoms with E-state index in [1.807, 2.05) is 11.2 Å². The van der Waals surface area contributed by atoms with Gasteiger partial charge in [-0.05, 0) is 49.1 Å². The Hall–Kier alpha value is -2.19. The summed E-state index contributed by atoms with van der Waals surface area (Å²) >= 11 is 1.62. The van der Waals surface area contributed by atoms with E-state index >= 15 is 0 Å². The van der Waals surface area contributed by atoms with Crippen molar-refractivity contribution in [1.29, 1.82) is 0 Å². The summed E-state index contributed by atoms with van der Waals surface area (Å²) in [4.78, 5) is 26.9. The quantitative estimate of drug-likeness (QED) is 0.794. The number of amides is 2. The third-order valence-electron chi connectivity index (χ3n) is 5.69. The minimum atomic E-state index is -0.630. The molecular formula is C20H24N2O5S. The van der Waals surface area contributed by atoms with Crippen LogP contribution in [0.2, 0.25) is 0 Å². The zero-order valence-corrected chi connectivity index (χ0v) is 16.5. The monoisotopic (exact) mass is 404 g/mol. The number of fused-ring (bicyclic) bond motifs is 1. The highest BCUT2D eigenvalue weighted by Gasteiger charge is 2.43. The Morgan fingerprint density at radius 1 is 1.25 bits per heavy atom. The first-order valence-corrected chi connectivity index (χ1v) is 10.8. The summed E-state index contributed by atoms with van der Waals surface area (Å²) in [5.74, 6) is 1.88. The Morgan fingerprint density at radius 2 is 2.04 bits per heavy atom. The molecule has 2 fully saturated rings. The van der Waals surface area contributed by atoms with Crippen LogP contribution in [0, 0.1) is 11.8 Å². The highest BCUT2D eigenvalue weighted by Crippen LogP contribution is 2.37. The zero-order valence-electron chi connectivity index (χ0n) is 15.7. The smallest absolute Gasteiger partial charge is 0.287 e. The Labute approximate surface area is 167 Å². The van der Waals surface area contributed by atoms with Crippen LogP contribution in [0.1, 0.15) is 39.5 Å². The number of hydrogen-bond donors (Lipinski definition) is 2. The lowest BCUT2D eigenvalue weighted by Crippen LogP contribution is -2.49. The third-order valence-corrected chi connectivity index (χ3v) is 6.26. The average molecular weight is 404 g/mol. The van der Waals surface area contributed by atoms with Crippen molar-refractivity contribution in [3.8, 4) is 0 Å². The van der Waals surface area contributed by atoms with Crippen molar-refractivity contribution in [1.82, 2.24) is 10.2 Å². The fraction of sp³-hybridized carbons (Fsp3) is 0.500. The predicted molar refractivity (Wildman–Crippen MR) is 104 cm³/mol. The maximum atomic E-state index is 12.6. The molecule has 7 nitrogen and oxygen atoms in total. The number of hydrogen-bond acceptors (Lipinski definition) is 6. The second-order valence-electron chi connectivity index (χ2n) is 7.56. The number of carbonyl (C=O) groups excluding carboxylic acids is 2. The number of aliphatic hydroxyl groups is 1. The van der Waals surface area contributed by atoms with E-state index in [0.717, 1.165) is 5.76 Å². The molecule has 2 N–H and O–H groups in total. The first kappa shape index (κ1) is 19.1. The minimum absolute atomic E-state index is 0.0462. The average Bonchev–Trinajstić information content (AvgIpc) is 3.42. The van der Waals surface area contributed by atoms with Crippen molar-refractivity contribution in [3.05, 3.63) is 47.8 Å². The van der Waals surface area contributed by atoms with Gasteiger partial charge in [0.25, 0.3) is 11.8 Å². The normalized spacial score (nSPS) is 26.9. The molecule has 2 amide bonds. The maximum absolute atomic E-state index is 12.6. The van der Waals surface area contributed by atoms with E-state index in [9.17, 15) is 14.7 Å². The van der Waals surface area contributed by atoms with Crippen LogP contribution >= 0.6 is 11.8 Å². The Bertz CT molecular complexity index is 834. The summed E-state index contributed by atoms with van der Waals surface area (Å²) in [6.07, 6.45) is 5.50. The Morgan fingerprint density at radius 3 is 2.75 bits per heavy atom. The van der Waals surface area contributed by atoms with E-state index in [0.29, 0.717) is 37.2 Å². The van der Waals surface area contributed by atoms with Gasteiger partial charge in [-0.1, -0.05) is 0 Å². The number of likely N-dealkylation sites (tertiary alicyclic amines) is 1. The molecule has 4 rings (SSSR count). The molecule has 0 unspecified atom stereocenters. The lowest BCUT2D eigenvalue weighted by atomic mass is 9.77. The van der Waals surface area contributed by atoms with Gasteiger partial charge in [0.15, 0.2) is 5.76 Å². The van der Waals surface area contributed by atoms with Gasteiger partial charge in [-0.3, -0.25) is 9.59 Å². The molecule has 1 saturated heterocycles. The Balaban J connectivity index is 1.37. The summed E-state index contributed by atoms with van der Waals surface area (Å²) in [6.45, 7) is 1.26. The van der Waals surface area contributed by atoms with Gasteiger partial charge in [-0.25, -0.2) is 0 Å². The molecular weight excluding hydrogens is 380 g/mol. The van der Waals surface area contributed by atoms with E-state index < -0.39 is 6.10 Å². The molecule has 2 aromatic heterocycles. The summed E-state index contributed by atoms with van der Waals surface area (Å²) < 4.78 is 10.6. The fourth-order valence-corrected chi connectivity index (χ4v) is 4.72. The van der Waals surface area contributed by atoms with Crippen LogP contribution in [0.4, 0.5) is 0 Å². The van der Waals surface area contributed by atoms with Crippen LogP contribution in [0.5, 0.6) is 0 Å². The van der Waals surface area contributed by atoms with E-state index in [-0.39, 0.29) is 35.5 Å². The minimum Gasteiger partial charge on any atom is -0.472 e. The Kier molecular flexibility index (Phi) is 5.50. The van der Waals surface area contributed by atoms with Crippen molar-refractivity contribution in [2.24, 2.45) is 11.8 Å². The van der Waals surface area contributed by atoms with Gasteiger partial charge >= 0.3 is 0 Å². The van der Waals surface area contributed by atoms with Crippen molar-refractivity contribution in [2.45, 2.75) is 30.7 Å². The van der Waals surface area contributed by atoms with Crippen molar-refractivity contribution in [2.75, 3.05) is 19.3 Å². The van der Waals surface area contributed by atoms with Crippen molar-refractivity contribution < 1.29 is 23.5 Å². The topological polar surface area (TPSA) is 95.9 Å². The summed E-state index contributed by atoms with van der Waals surface area (Å²) in [7, 11) is 0. The molecule has 3 heterocycles. The molecule has 8 heteroatoms. The molecule has 0 bridgehead atoms. The van der Waals surface area contributed by atoms with Gasteiger partial charge in [0.05, 0.1) is 29.7 Å². The van der Waals surface area contributed by atoms with Crippen LogP contribution in [0.3, 0.4) is 0 Å². The molecule has 0 aromatic carbocycles. The molecule has 1 aliphatic carbocycles. The zero-order chi connectivity index (χ0) is 19.7. The largest absolute Gasteiger partial charge is 0.472 e. The summed E-state index contributed by atoms with van der Waals surface area (Å²) in [5.41, 5.74) is 0.544. The third kappa shape index (κ3) is 3.84. The predicted octanol–water partition coefficient (Wildman–Crippen LogP) is 2.38. The molecule has 2 aliphatic rings. The van der Waals surface area contributed by atoms with E-state index in [4.69, 9.17) is 8.83 Å². The van der Waals surface area contributed by atoms with Crippen molar-refractivity contribution in [3.63, 3.8) is 0 Å². The number of thioether (sulfide) groups is 1. The molecule has 0 spiro atoms. The van der Waals surface area contributed by atoms with Crippen LogP contribution in [0.25, 0.3) is 0 Å². The summed E-state index contributed by atoms with van der Waals surface area (Å²) in [6, 6.07) is 4.79. The molecule has 0 radical (unpaired) electrons. The standard InChI is InChI=1S/C20H24N2O5S/c1-28-11-15-2-3-18(27-15)19(24)21-16-6-13-8-22(9-14(13)7-17(16)23)20(25)12-4-5-26-10-12/h2-5,10,13-14,16-17,23H,6-9,11H2,1H3,(H,21,24)/t13-,14+,16-,17-/m0/s1. The van der Waals surface area contributed by atoms with Gasteiger partial charge in [0.1, 0.15) is 12.0 Å². The number of nitrogens with one attached hydrogen (secondary N) is 1.